The molecule has 0 aliphatic rings. The first-order valence-electron chi connectivity index (χ1n) is 7.15. The van der Waals surface area contributed by atoms with E-state index in [1.54, 1.807) is 0 Å². The molecule has 7 heteroatoms. The number of nitrogen functional groups attached to an aromatic ring is 1. The van der Waals surface area contributed by atoms with E-state index in [9.17, 15) is 4.79 Å². The van der Waals surface area contributed by atoms with Gasteiger partial charge in [-0.1, -0.05) is 27.7 Å². The molecule has 0 unspecified atom stereocenters. The Labute approximate surface area is 125 Å². The number of aromatic nitrogens is 2. The fourth-order valence-corrected chi connectivity index (χ4v) is 1.59. The summed E-state index contributed by atoms with van der Waals surface area (Å²) in [5, 5.41) is 2.76. The summed E-state index contributed by atoms with van der Waals surface area (Å²) in [4.78, 5) is 20.6. The standard InChI is InChI=1S/C14H25N5O2/c1-9(2)8-21-6-5-16-14(20)12-11(19-15)7-17-13(18-12)10(3)4/h7,9-10,19H,5-6,8,15H2,1-4H3,(H,16,20). The number of nitrogens with two attached hydrogens (primary N) is 1. The highest BCUT2D eigenvalue weighted by molar-refractivity contribution is 5.97. The number of nitrogens with zero attached hydrogens (tertiary/aromatic N) is 2. The summed E-state index contributed by atoms with van der Waals surface area (Å²) in [5.41, 5.74) is 3.09. The van der Waals surface area contributed by atoms with Crippen LogP contribution in [0.5, 0.6) is 0 Å². The summed E-state index contributed by atoms with van der Waals surface area (Å²) in [6, 6.07) is 0. The lowest BCUT2D eigenvalue weighted by molar-refractivity contribution is 0.0882. The Morgan fingerprint density at radius 1 is 1.38 bits per heavy atom. The minimum Gasteiger partial charge on any atom is -0.379 e. The summed E-state index contributed by atoms with van der Waals surface area (Å²) < 4.78 is 5.41. The molecule has 1 heterocycles. The molecule has 0 saturated carbocycles. The monoisotopic (exact) mass is 295 g/mol. The summed E-state index contributed by atoms with van der Waals surface area (Å²) in [7, 11) is 0. The molecule has 1 aromatic heterocycles. The van der Waals surface area contributed by atoms with Gasteiger partial charge in [-0.15, -0.1) is 0 Å². The number of nitrogens with one attached hydrogen (secondary N) is 2. The molecule has 118 valence electrons. The number of hydrogen-bond donors (Lipinski definition) is 3. The number of hydrogen-bond acceptors (Lipinski definition) is 6. The van der Waals surface area contributed by atoms with Crippen molar-refractivity contribution < 1.29 is 9.53 Å². The number of amides is 1. The molecule has 0 radical (unpaired) electrons. The third-order valence-corrected chi connectivity index (χ3v) is 2.68. The highest BCUT2D eigenvalue weighted by Crippen LogP contribution is 2.15. The molecule has 1 amide bonds. The van der Waals surface area contributed by atoms with Gasteiger partial charge in [0.05, 0.1) is 18.5 Å². The molecule has 0 atom stereocenters. The number of ether oxygens (including phenoxy) is 1. The third kappa shape index (κ3) is 5.65. The normalized spacial score (nSPS) is 11.0. The maximum Gasteiger partial charge on any atom is 0.272 e. The molecule has 0 aliphatic heterocycles. The Morgan fingerprint density at radius 3 is 2.67 bits per heavy atom. The van der Waals surface area contributed by atoms with Gasteiger partial charge in [-0.05, 0) is 5.92 Å². The average Bonchev–Trinajstić information content (AvgIpc) is 2.45. The topological polar surface area (TPSA) is 102 Å². The highest BCUT2D eigenvalue weighted by atomic mass is 16.5. The van der Waals surface area contributed by atoms with Crippen molar-refractivity contribution in [3.63, 3.8) is 0 Å². The molecule has 0 fully saturated rings. The molecule has 0 bridgehead atoms. The van der Waals surface area contributed by atoms with Gasteiger partial charge in [-0.2, -0.15) is 0 Å². The molecule has 0 aliphatic carbocycles. The second kappa shape index (κ2) is 8.53. The van der Waals surface area contributed by atoms with Crippen molar-refractivity contribution >= 4 is 11.6 Å². The maximum absolute atomic E-state index is 12.1. The van der Waals surface area contributed by atoms with Crippen molar-refractivity contribution in [2.45, 2.75) is 33.6 Å². The van der Waals surface area contributed by atoms with E-state index in [0.29, 0.717) is 37.2 Å². The van der Waals surface area contributed by atoms with Crippen LogP contribution in [0.2, 0.25) is 0 Å². The Balaban J connectivity index is 2.61. The van der Waals surface area contributed by atoms with Gasteiger partial charge in [0.1, 0.15) is 5.82 Å². The van der Waals surface area contributed by atoms with Crippen LogP contribution in [0.25, 0.3) is 0 Å². The SMILES string of the molecule is CC(C)COCCNC(=O)c1nc(C(C)C)ncc1NN. The maximum atomic E-state index is 12.1. The molecule has 1 rings (SSSR count). The minimum absolute atomic E-state index is 0.137. The summed E-state index contributed by atoms with van der Waals surface area (Å²) >= 11 is 0. The van der Waals surface area contributed by atoms with Crippen LogP contribution in [-0.2, 0) is 4.74 Å². The van der Waals surface area contributed by atoms with Crippen molar-refractivity contribution in [3.8, 4) is 0 Å². The minimum atomic E-state index is -0.291. The van der Waals surface area contributed by atoms with Crippen molar-refractivity contribution in [2.75, 3.05) is 25.2 Å². The van der Waals surface area contributed by atoms with Crippen LogP contribution in [0.15, 0.2) is 6.20 Å². The van der Waals surface area contributed by atoms with Gasteiger partial charge in [0, 0.05) is 19.1 Å². The van der Waals surface area contributed by atoms with E-state index in [0.717, 1.165) is 0 Å². The fourth-order valence-electron chi connectivity index (χ4n) is 1.59. The Kier molecular flexibility index (Phi) is 7.04. The van der Waals surface area contributed by atoms with Crippen LogP contribution in [0.3, 0.4) is 0 Å². The van der Waals surface area contributed by atoms with Crippen molar-refractivity contribution in [1.29, 1.82) is 0 Å². The van der Waals surface area contributed by atoms with Crippen LogP contribution in [0.1, 0.15) is 49.9 Å². The Morgan fingerprint density at radius 2 is 2.10 bits per heavy atom. The predicted octanol–water partition coefficient (Wildman–Crippen LogP) is 1.29. The van der Waals surface area contributed by atoms with Gasteiger partial charge in [-0.3, -0.25) is 10.6 Å². The van der Waals surface area contributed by atoms with Crippen LogP contribution in [-0.4, -0.2) is 35.6 Å². The quantitative estimate of drug-likeness (QED) is 0.379. The molecule has 0 aromatic carbocycles. The molecular weight excluding hydrogens is 270 g/mol. The molecule has 21 heavy (non-hydrogen) atoms. The number of carbonyl (C=O) groups excluding carboxylic acids is 1. The van der Waals surface area contributed by atoms with Crippen molar-refractivity contribution in [1.82, 2.24) is 15.3 Å². The highest BCUT2D eigenvalue weighted by Gasteiger charge is 2.15. The number of rotatable bonds is 8. The summed E-state index contributed by atoms with van der Waals surface area (Å²) in [5.74, 6) is 6.32. The number of hydrazine groups is 1. The Bertz CT molecular complexity index is 463. The summed E-state index contributed by atoms with van der Waals surface area (Å²) in [6.07, 6.45) is 1.52. The first kappa shape index (κ1) is 17.3. The zero-order chi connectivity index (χ0) is 15.8. The van der Waals surface area contributed by atoms with Crippen LogP contribution >= 0.6 is 0 Å². The van der Waals surface area contributed by atoms with E-state index < -0.39 is 0 Å². The van der Waals surface area contributed by atoms with Crippen molar-refractivity contribution in [2.24, 2.45) is 11.8 Å². The van der Waals surface area contributed by atoms with E-state index >= 15 is 0 Å². The fraction of sp³-hybridized carbons (Fsp3) is 0.643. The largest absolute Gasteiger partial charge is 0.379 e. The van der Waals surface area contributed by atoms with Crippen LogP contribution < -0.4 is 16.6 Å². The molecule has 7 nitrogen and oxygen atoms in total. The molecule has 0 spiro atoms. The predicted molar refractivity (Wildman–Crippen MR) is 81.9 cm³/mol. The van der Waals surface area contributed by atoms with E-state index in [1.165, 1.54) is 6.20 Å². The van der Waals surface area contributed by atoms with E-state index in [-0.39, 0.29) is 17.5 Å². The lowest BCUT2D eigenvalue weighted by Gasteiger charge is -2.12. The number of carbonyl (C=O) groups is 1. The smallest absolute Gasteiger partial charge is 0.272 e. The van der Waals surface area contributed by atoms with Gasteiger partial charge < -0.3 is 15.5 Å². The van der Waals surface area contributed by atoms with Gasteiger partial charge >= 0.3 is 0 Å². The Hall–Kier alpha value is -1.73. The van der Waals surface area contributed by atoms with E-state index in [2.05, 4.69) is 34.6 Å². The first-order valence-corrected chi connectivity index (χ1v) is 7.15. The van der Waals surface area contributed by atoms with Gasteiger partial charge in [-0.25, -0.2) is 9.97 Å². The second-order valence-electron chi connectivity index (χ2n) is 5.51. The van der Waals surface area contributed by atoms with Gasteiger partial charge in [0.15, 0.2) is 5.69 Å². The van der Waals surface area contributed by atoms with Gasteiger partial charge in [0.2, 0.25) is 0 Å². The number of anilines is 1. The third-order valence-electron chi connectivity index (χ3n) is 2.68. The zero-order valence-electron chi connectivity index (χ0n) is 13.1. The second-order valence-corrected chi connectivity index (χ2v) is 5.51. The molecule has 1 aromatic rings. The van der Waals surface area contributed by atoms with E-state index in [4.69, 9.17) is 10.6 Å². The van der Waals surface area contributed by atoms with Crippen LogP contribution in [0, 0.1) is 5.92 Å². The van der Waals surface area contributed by atoms with Crippen LogP contribution in [0.4, 0.5) is 5.69 Å². The summed E-state index contributed by atoms with van der Waals surface area (Å²) in [6.45, 7) is 9.65. The molecule has 4 N–H and O–H groups in total. The van der Waals surface area contributed by atoms with E-state index in [1.807, 2.05) is 13.8 Å². The zero-order valence-corrected chi connectivity index (χ0v) is 13.1. The van der Waals surface area contributed by atoms with Gasteiger partial charge in [0.25, 0.3) is 5.91 Å². The lowest BCUT2D eigenvalue weighted by atomic mass is 10.2. The lowest BCUT2D eigenvalue weighted by Crippen LogP contribution is -2.30. The first-order chi connectivity index (χ1) is 9.95. The molecule has 0 saturated heterocycles. The molecular formula is C14H25N5O2. The average molecular weight is 295 g/mol. The van der Waals surface area contributed by atoms with Crippen molar-refractivity contribution in [3.05, 3.63) is 17.7 Å².